The van der Waals surface area contributed by atoms with Gasteiger partial charge in [-0.3, -0.25) is 9.59 Å². The van der Waals surface area contributed by atoms with Crippen LogP contribution in [-0.2, 0) is 14.3 Å². The van der Waals surface area contributed by atoms with Crippen LogP contribution in [0.5, 0.6) is 0 Å². The molecule has 0 saturated carbocycles. The molecule has 0 radical (unpaired) electrons. The molecule has 1 aliphatic rings. The molecule has 0 aromatic heterocycles. The zero-order chi connectivity index (χ0) is 12.8. The van der Waals surface area contributed by atoms with Crippen molar-refractivity contribution in [2.75, 3.05) is 33.8 Å². The van der Waals surface area contributed by atoms with Crippen LogP contribution in [0.2, 0.25) is 0 Å². The predicted molar refractivity (Wildman–Crippen MR) is 71.7 cm³/mol. The fraction of sp³-hybridized carbons (Fsp3) is 0.833. The molecule has 106 valence electrons. The molecule has 0 bridgehead atoms. The van der Waals surface area contributed by atoms with Gasteiger partial charge in [0.25, 0.3) is 0 Å². The van der Waals surface area contributed by atoms with Gasteiger partial charge in [0.1, 0.15) is 0 Å². The number of rotatable bonds is 4. The molecule has 1 N–H and O–H groups in total. The molecule has 1 fully saturated rings. The van der Waals surface area contributed by atoms with Crippen molar-refractivity contribution in [3.8, 4) is 0 Å². The summed E-state index contributed by atoms with van der Waals surface area (Å²) in [5.74, 6) is -0.372. The van der Waals surface area contributed by atoms with Crippen molar-refractivity contribution in [3.05, 3.63) is 0 Å². The molecule has 1 saturated heterocycles. The number of nitrogens with zero attached hydrogens (tertiary/aromatic N) is 1. The zero-order valence-corrected chi connectivity index (χ0v) is 12.1. The van der Waals surface area contributed by atoms with E-state index in [-0.39, 0.29) is 36.1 Å². The molecule has 0 aliphatic carbocycles. The summed E-state index contributed by atoms with van der Waals surface area (Å²) >= 11 is 0. The van der Waals surface area contributed by atoms with E-state index in [4.69, 9.17) is 0 Å². The van der Waals surface area contributed by atoms with Crippen LogP contribution in [0.4, 0.5) is 0 Å². The zero-order valence-electron chi connectivity index (χ0n) is 11.3. The van der Waals surface area contributed by atoms with Gasteiger partial charge in [0.2, 0.25) is 5.91 Å². The third kappa shape index (κ3) is 4.82. The Balaban J connectivity index is 0.00000289. The first-order valence-corrected chi connectivity index (χ1v) is 6.09. The monoisotopic (exact) mass is 278 g/mol. The molecule has 0 aromatic carbocycles. The Kier molecular flexibility index (Phi) is 7.95. The van der Waals surface area contributed by atoms with Crippen molar-refractivity contribution in [2.24, 2.45) is 11.8 Å². The van der Waals surface area contributed by atoms with Gasteiger partial charge in [0.05, 0.1) is 18.9 Å². The first-order valence-electron chi connectivity index (χ1n) is 6.09. The van der Waals surface area contributed by atoms with E-state index in [1.165, 1.54) is 7.11 Å². The number of carbonyl (C=O) groups excluding carboxylic acids is 2. The molecule has 0 aromatic rings. The highest BCUT2D eigenvalue weighted by molar-refractivity contribution is 5.85. The van der Waals surface area contributed by atoms with Crippen LogP contribution in [0.1, 0.15) is 19.8 Å². The van der Waals surface area contributed by atoms with Gasteiger partial charge in [-0.05, 0) is 19.4 Å². The molecule has 6 heteroatoms. The third-order valence-corrected chi connectivity index (χ3v) is 3.17. The molecule has 1 amide bonds. The Morgan fingerprint density at radius 3 is 2.67 bits per heavy atom. The van der Waals surface area contributed by atoms with Gasteiger partial charge in [-0.2, -0.15) is 0 Å². The lowest BCUT2D eigenvalue weighted by molar-refractivity contribution is -0.146. The van der Waals surface area contributed by atoms with Crippen LogP contribution in [-0.4, -0.2) is 50.6 Å². The summed E-state index contributed by atoms with van der Waals surface area (Å²) in [5, 5.41) is 3.22. The number of piperidine rings is 1. The topological polar surface area (TPSA) is 58.6 Å². The molecular formula is C12H23ClN2O3. The van der Waals surface area contributed by atoms with E-state index in [9.17, 15) is 9.59 Å². The van der Waals surface area contributed by atoms with Crippen molar-refractivity contribution in [3.63, 3.8) is 0 Å². The van der Waals surface area contributed by atoms with Gasteiger partial charge in [-0.25, -0.2) is 0 Å². The quantitative estimate of drug-likeness (QED) is 0.768. The largest absolute Gasteiger partial charge is 0.469 e. The number of carbonyl (C=O) groups is 2. The van der Waals surface area contributed by atoms with E-state index in [1.807, 2.05) is 0 Å². The summed E-state index contributed by atoms with van der Waals surface area (Å²) in [6, 6.07) is 0. The number of hydrogen-bond donors (Lipinski definition) is 1. The van der Waals surface area contributed by atoms with Gasteiger partial charge in [0.15, 0.2) is 0 Å². The molecular weight excluding hydrogens is 256 g/mol. The number of hydrogen-bond acceptors (Lipinski definition) is 4. The molecule has 2 unspecified atom stereocenters. The van der Waals surface area contributed by atoms with Crippen LogP contribution >= 0.6 is 12.4 Å². The fourth-order valence-electron chi connectivity index (χ4n) is 2.15. The van der Waals surface area contributed by atoms with Crippen molar-refractivity contribution < 1.29 is 14.3 Å². The van der Waals surface area contributed by atoms with Crippen LogP contribution in [0.3, 0.4) is 0 Å². The van der Waals surface area contributed by atoms with E-state index < -0.39 is 0 Å². The minimum Gasteiger partial charge on any atom is -0.469 e. The summed E-state index contributed by atoms with van der Waals surface area (Å²) in [4.78, 5) is 25.0. The Bertz CT molecular complexity index is 280. The lowest BCUT2D eigenvalue weighted by Gasteiger charge is -2.28. The molecule has 18 heavy (non-hydrogen) atoms. The average molecular weight is 279 g/mol. The maximum atomic E-state index is 12.1. The van der Waals surface area contributed by atoms with Crippen molar-refractivity contribution in [2.45, 2.75) is 19.8 Å². The second-order valence-electron chi connectivity index (χ2n) is 4.69. The van der Waals surface area contributed by atoms with E-state index in [2.05, 4.69) is 10.1 Å². The third-order valence-electron chi connectivity index (χ3n) is 3.17. The Morgan fingerprint density at radius 2 is 2.17 bits per heavy atom. The normalized spacial score (nSPS) is 20.5. The maximum Gasteiger partial charge on any atom is 0.310 e. The summed E-state index contributed by atoms with van der Waals surface area (Å²) in [7, 11) is 3.11. The highest BCUT2D eigenvalue weighted by Crippen LogP contribution is 2.13. The van der Waals surface area contributed by atoms with Gasteiger partial charge < -0.3 is 15.0 Å². The molecule has 1 rings (SSSR count). The number of halogens is 1. The van der Waals surface area contributed by atoms with Crippen LogP contribution < -0.4 is 5.32 Å². The van der Waals surface area contributed by atoms with Crippen LogP contribution in [0.25, 0.3) is 0 Å². The summed E-state index contributed by atoms with van der Waals surface area (Å²) < 4.78 is 4.65. The van der Waals surface area contributed by atoms with Gasteiger partial charge >= 0.3 is 5.97 Å². The van der Waals surface area contributed by atoms with E-state index in [1.54, 1.807) is 18.9 Å². The van der Waals surface area contributed by atoms with Crippen molar-refractivity contribution >= 4 is 24.3 Å². The van der Waals surface area contributed by atoms with Gasteiger partial charge in [0, 0.05) is 20.1 Å². The van der Waals surface area contributed by atoms with Gasteiger partial charge in [-0.1, -0.05) is 6.92 Å². The second-order valence-corrected chi connectivity index (χ2v) is 4.69. The van der Waals surface area contributed by atoms with Crippen molar-refractivity contribution in [1.82, 2.24) is 10.2 Å². The molecule has 0 spiro atoms. The lowest BCUT2D eigenvalue weighted by atomic mass is 9.98. The molecule has 5 nitrogen and oxygen atoms in total. The second kappa shape index (κ2) is 8.32. The van der Waals surface area contributed by atoms with Gasteiger partial charge in [-0.15, -0.1) is 12.4 Å². The van der Waals surface area contributed by atoms with E-state index in [0.717, 1.165) is 25.9 Å². The SMILES string of the molecule is COC(=O)C(C)CN(C)C(=O)C1CCCNC1.Cl. The highest BCUT2D eigenvalue weighted by atomic mass is 35.5. The van der Waals surface area contributed by atoms with Crippen molar-refractivity contribution in [1.29, 1.82) is 0 Å². The minimum absolute atomic E-state index is 0. The first-order chi connectivity index (χ1) is 8.06. The lowest BCUT2D eigenvalue weighted by Crippen LogP contribution is -2.43. The maximum absolute atomic E-state index is 12.1. The highest BCUT2D eigenvalue weighted by Gasteiger charge is 2.26. The predicted octanol–water partition coefficient (Wildman–Crippen LogP) is 0.675. The summed E-state index contributed by atoms with van der Waals surface area (Å²) in [6.45, 7) is 3.93. The fourth-order valence-corrected chi connectivity index (χ4v) is 2.15. The smallest absolute Gasteiger partial charge is 0.310 e. The number of nitrogens with one attached hydrogen (secondary N) is 1. The molecule has 1 heterocycles. The van der Waals surface area contributed by atoms with E-state index >= 15 is 0 Å². The summed E-state index contributed by atoms with van der Waals surface area (Å²) in [5.41, 5.74) is 0. The van der Waals surface area contributed by atoms with Crippen LogP contribution in [0.15, 0.2) is 0 Å². The molecule has 1 aliphatic heterocycles. The number of ether oxygens (including phenoxy) is 1. The van der Waals surface area contributed by atoms with E-state index in [0.29, 0.717) is 6.54 Å². The molecule has 2 atom stereocenters. The number of methoxy groups -OCH3 is 1. The van der Waals surface area contributed by atoms with Crippen LogP contribution in [0, 0.1) is 11.8 Å². The average Bonchev–Trinajstić information content (AvgIpc) is 2.37. The Morgan fingerprint density at radius 1 is 1.50 bits per heavy atom. The first kappa shape index (κ1) is 17.2. The Hall–Kier alpha value is -0.810. The number of esters is 1. The minimum atomic E-state index is -0.273. The standard InChI is InChI=1S/C12H22N2O3.ClH/c1-9(12(16)17-3)8-14(2)11(15)10-5-4-6-13-7-10;/h9-10,13H,4-8H2,1-3H3;1H. The Labute approximate surface area is 115 Å². The summed E-state index contributed by atoms with van der Waals surface area (Å²) in [6.07, 6.45) is 1.97. The number of amides is 1.